The maximum atomic E-state index is 11.9. The molecule has 1 N–H and O–H groups in total. The van der Waals surface area contributed by atoms with Gasteiger partial charge in [0.25, 0.3) is 0 Å². The van der Waals surface area contributed by atoms with Gasteiger partial charge < -0.3 is 5.32 Å². The molecule has 1 fully saturated rings. The number of nitrogens with one attached hydrogen (secondary N) is 1. The Morgan fingerprint density at radius 2 is 2.13 bits per heavy atom. The molecule has 1 heterocycles. The Morgan fingerprint density at radius 1 is 1.40 bits per heavy atom. The summed E-state index contributed by atoms with van der Waals surface area (Å²) >= 11 is 6.12. The van der Waals surface area contributed by atoms with Crippen molar-refractivity contribution in [3.8, 4) is 0 Å². The molecule has 0 saturated carbocycles. The first-order chi connectivity index (χ1) is 7.14. The zero-order valence-electron chi connectivity index (χ0n) is 8.72. The molecule has 0 radical (unpaired) electrons. The second-order valence-electron chi connectivity index (χ2n) is 4.06. The van der Waals surface area contributed by atoms with Gasteiger partial charge in [-0.05, 0) is 31.5 Å². The largest absolute Gasteiger partial charge is 0.301 e. The zero-order chi connectivity index (χ0) is 10.9. The summed E-state index contributed by atoms with van der Waals surface area (Å²) in [5, 5.41) is 3.92. The first kappa shape index (κ1) is 10.7. The number of hydrogen-bond acceptors (Lipinski definition) is 2. The SMILES string of the molecule is CC1(c2ccccc2Cl)NCCCC1=O. The predicted molar refractivity (Wildman–Crippen MR) is 61.0 cm³/mol. The van der Waals surface area contributed by atoms with E-state index >= 15 is 0 Å². The van der Waals surface area contributed by atoms with Crippen LogP contribution in [0.5, 0.6) is 0 Å². The highest BCUT2D eigenvalue weighted by Crippen LogP contribution is 2.31. The first-order valence-corrected chi connectivity index (χ1v) is 5.56. The molecule has 1 unspecified atom stereocenters. The van der Waals surface area contributed by atoms with Crippen LogP contribution in [0.4, 0.5) is 0 Å². The van der Waals surface area contributed by atoms with Gasteiger partial charge in [-0.2, -0.15) is 0 Å². The van der Waals surface area contributed by atoms with Gasteiger partial charge in [-0.3, -0.25) is 4.79 Å². The summed E-state index contributed by atoms with van der Waals surface area (Å²) in [6, 6.07) is 7.53. The lowest BCUT2D eigenvalue weighted by Gasteiger charge is -2.34. The van der Waals surface area contributed by atoms with E-state index in [1.807, 2.05) is 31.2 Å². The highest BCUT2D eigenvalue weighted by atomic mass is 35.5. The van der Waals surface area contributed by atoms with Gasteiger partial charge in [0.15, 0.2) is 5.78 Å². The van der Waals surface area contributed by atoms with Gasteiger partial charge >= 0.3 is 0 Å². The Balaban J connectivity index is 2.44. The maximum absolute atomic E-state index is 11.9. The lowest BCUT2D eigenvalue weighted by molar-refractivity contribution is -0.126. The van der Waals surface area contributed by atoms with E-state index in [-0.39, 0.29) is 5.78 Å². The molecule has 0 aromatic heterocycles. The van der Waals surface area contributed by atoms with Crippen LogP contribution in [0, 0.1) is 0 Å². The molecular weight excluding hydrogens is 210 g/mol. The molecule has 2 nitrogen and oxygen atoms in total. The molecule has 1 saturated heterocycles. The van der Waals surface area contributed by atoms with Crippen molar-refractivity contribution in [2.75, 3.05) is 6.54 Å². The van der Waals surface area contributed by atoms with Crippen molar-refractivity contribution in [1.82, 2.24) is 5.32 Å². The van der Waals surface area contributed by atoms with Gasteiger partial charge in [0.05, 0.1) is 0 Å². The maximum Gasteiger partial charge on any atom is 0.157 e. The summed E-state index contributed by atoms with van der Waals surface area (Å²) in [6.07, 6.45) is 1.55. The molecule has 3 heteroatoms. The molecule has 0 spiro atoms. The van der Waals surface area contributed by atoms with Crippen LogP contribution in [-0.4, -0.2) is 12.3 Å². The predicted octanol–water partition coefficient (Wildman–Crippen LogP) is 2.51. The Kier molecular flexibility index (Phi) is 2.81. The van der Waals surface area contributed by atoms with Crippen LogP contribution in [0.25, 0.3) is 0 Å². The summed E-state index contributed by atoms with van der Waals surface area (Å²) in [4.78, 5) is 11.9. The second kappa shape index (κ2) is 3.95. The topological polar surface area (TPSA) is 29.1 Å². The molecule has 0 aliphatic carbocycles. The highest BCUT2D eigenvalue weighted by molar-refractivity contribution is 6.31. The number of halogens is 1. The zero-order valence-corrected chi connectivity index (χ0v) is 9.47. The fraction of sp³-hybridized carbons (Fsp3) is 0.417. The lowest BCUT2D eigenvalue weighted by atomic mass is 9.83. The van der Waals surface area contributed by atoms with Gasteiger partial charge in [0.2, 0.25) is 0 Å². The van der Waals surface area contributed by atoms with E-state index in [9.17, 15) is 4.79 Å². The van der Waals surface area contributed by atoms with Crippen molar-refractivity contribution in [3.63, 3.8) is 0 Å². The number of carbonyl (C=O) groups excluding carboxylic acids is 1. The summed E-state index contributed by atoms with van der Waals surface area (Å²) in [6.45, 7) is 2.78. The van der Waals surface area contributed by atoms with E-state index in [0.717, 1.165) is 18.5 Å². The van der Waals surface area contributed by atoms with Crippen molar-refractivity contribution in [3.05, 3.63) is 34.9 Å². The average molecular weight is 224 g/mol. The van der Waals surface area contributed by atoms with E-state index in [2.05, 4.69) is 5.32 Å². The number of Topliss-reactive ketones (excluding diaryl/α,β-unsaturated/α-hetero) is 1. The molecule has 0 amide bonds. The van der Waals surface area contributed by atoms with E-state index < -0.39 is 5.54 Å². The molecule has 1 aromatic carbocycles. The van der Waals surface area contributed by atoms with Crippen LogP contribution >= 0.6 is 11.6 Å². The Bertz CT molecular complexity index is 391. The highest BCUT2D eigenvalue weighted by Gasteiger charge is 2.37. The van der Waals surface area contributed by atoms with E-state index in [0.29, 0.717) is 11.4 Å². The Labute approximate surface area is 94.6 Å². The molecule has 2 rings (SSSR count). The summed E-state index contributed by atoms with van der Waals surface area (Å²) < 4.78 is 0. The van der Waals surface area contributed by atoms with E-state index in [4.69, 9.17) is 11.6 Å². The van der Waals surface area contributed by atoms with Gasteiger partial charge in [-0.15, -0.1) is 0 Å². The number of hydrogen-bond donors (Lipinski definition) is 1. The third kappa shape index (κ3) is 1.80. The van der Waals surface area contributed by atoms with Crippen LogP contribution in [0.3, 0.4) is 0 Å². The Hall–Kier alpha value is -0.860. The third-order valence-electron chi connectivity index (χ3n) is 3.03. The van der Waals surface area contributed by atoms with E-state index in [1.165, 1.54) is 0 Å². The third-order valence-corrected chi connectivity index (χ3v) is 3.36. The molecule has 0 bridgehead atoms. The molecule has 1 atom stereocenters. The minimum atomic E-state index is -0.601. The van der Waals surface area contributed by atoms with Crippen molar-refractivity contribution < 1.29 is 4.79 Å². The first-order valence-electron chi connectivity index (χ1n) is 5.18. The summed E-state index contributed by atoms with van der Waals surface area (Å²) in [7, 11) is 0. The fourth-order valence-corrected chi connectivity index (χ4v) is 2.37. The smallest absolute Gasteiger partial charge is 0.157 e. The molecule has 80 valence electrons. The quantitative estimate of drug-likeness (QED) is 0.793. The number of benzene rings is 1. The van der Waals surface area contributed by atoms with Gasteiger partial charge in [0.1, 0.15) is 5.54 Å². The average Bonchev–Trinajstić information content (AvgIpc) is 2.23. The normalized spacial score (nSPS) is 26.7. The number of carbonyl (C=O) groups is 1. The second-order valence-corrected chi connectivity index (χ2v) is 4.47. The number of piperidine rings is 1. The van der Waals surface area contributed by atoms with Crippen LogP contribution in [0.15, 0.2) is 24.3 Å². The summed E-state index contributed by atoms with van der Waals surface area (Å²) in [5.74, 6) is 0.224. The van der Waals surface area contributed by atoms with Crippen molar-refractivity contribution >= 4 is 17.4 Å². The van der Waals surface area contributed by atoms with Crippen molar-refractivity contribution in [2.24, 2.45) is 0 Å². The van der Waals surface area contributed by atoms with E-state index in [1.54, 1.807) is 0 Å². The standard InChI is InChI=1S/C12H14ClNO/c1-12(11(15)7-4-8-14-12)9-5-2-3-6-10(9)13/h2-3,5-6,14H,4,7-8H2,1H3. The molecular formula is C12H14ClNO. The fourth-order valence-electron chi connectivity index (χ4n) is 2.05. The molecule has 1 aliphatic heterocycles. The van der Waals surface area contributed by atoms with Gasteiger partial charge in [-0.25, -0.2) is 0 Å². The van der Waals surface area contributed by atoms with Crippen LogP contribution < -0.4 is 5.32 Å². The molecule has 1 aromatic rings. The molecule has 15 heavy (non-hydrogen) atoms. The van der Waals surface area contributed by atoms with Crippen molar-refractivity contribution in [1.29, 1.82) is 0 Å². The van der Waals surface area contributed by atoms with Gasteiger partial charge in [0, 0.05) is 11.4 Å². The summed E-state index contributed by atoms with van der Waals surface area (Å²) in [5.41, 5.74) is 0.285. The lowest BCUT2D eigenvalue weighted by Crippen LogP contribution is -2.50. The number of rotatable bonds is 1. The van der Waals surface area contributed by atoms with Gasteiger partial charge in [-0.1, -0.05) is 29.8 Å². The van der Waals surface area contributed by atoms with Crippen molar-refractivity contribution in [2.45, 2.75) is 25.3 Å². The van der Waals surface area contributed by atoms with Crippen LogP contribution in [-0.2, 0) is 10.3 Å². The van der Waals surface area contributed by atoms with Crippen LogP contribution in [0.2, 0.25) is 5.02 Å². The number of ketones is 1. The molecule has 1 aliphatic rings. The Morgan fingerprint density at radius 3 is 2.80 bits per heavy atom. The minimum Gasteiger partial charge on any atom is -0.301 e. The van der Waals surface area contributed by atoms with Crippen LogP contribution in [0.1, 0.15) is 25.3 Å². The minimum absolute atomic E-state index is 0.224. The monoisotopic (exact) mass is 223 g/mol.